The van der Waals surface area contributed by atoms with Crippen molar-refractivity contribution >= 4 is 16.7 Å². The number of nitrogens with zero attached hydrogens (tertiary/aromatic N) is 2. The fourth-order valence-electron chi connectivity index (χ4n) is 3.04. The fourth-order valence-corrected chi connectivity index (χ4v) is 3.04. The number of nitro groups is 1. The normalized spacial score (nSPS) is 12.0. The Hall–Kier alpha value is -3.67. The van der Waals surface area contributed by atoms with Crippen LogP contribution in [-0.2, 0) is 6.61 Å². The summed E-state index contributed by atoms with van der Waals surface area (Å²) in [6.45, 7) is 2.13. The minimum atomic E-state index is -0.565. The lowest BCUT2D eigenvalue weighted by molar-refractivity contribution is -0.403. The van der Waals surface area contributed by atoms with Crippen LogP contribution in [0.2, 0.25) is 0 Å². The first-order valence-corrected chi connectivity index (χ1v) is 8.91. The Labute approximate surface area is 161 Å². The molecule has 4 rings (SSSR count). The number of hydrogen-bond acceptors (Lipinski definition) is 5. The van der Waals surface area contributed by atoms with Crippen LogP contribution in [0.25, 0.3) is 10.8 Å². The Kier molecular flexibility index (Phi) is 4.76. The van der Waals surface area contributed by atoms with E-state index >= 15 is 0 Å². The lowest BCUT2D eigenvalue weighted by Crippen LogP contribution is -1.98. The second-order valence-electron chi connectivity index (χ2n) is 6.53. The molecule has 0 bridgehead atoms. The molecular formula is C22H18N2O4. The van der Waals surface area contributed by atoms with Crippen LogP contribution >= 0.6 is 0 Å². The number of ether oxygens (including phenoxy) is 1. The number of hydrogen-bond donors (Lipinski definition) is 0. The van der Waals surface area contributed by atoms with Gasteiger partial charge >= 0.3 is 5.88 Å². The summed E-state index contributed by atoms with van der Waals surface area (Å²) < 4.78 is 11.2. The molecule has 0 aliphatic heterocycles. The number of fused-ring (bicyclic) bond motifs is 1. The van der Waals surface area contributed by atoms with E-state index in [2.05, 4.69) is 4.98 Å². The van der Waals surface area contributed by atoms with Crippen molar-refractivity contribution in [1.29, 1.82) is 0 Å². The lowest BCUT2D eigenvalue weighted by Gasteiger charge is -2.08. The largest absolute Gasteiger partial charge is 0.479 e. The molecule has 0 aliphatic rings. The maximum atomic E-state index is 11.4. The first kappa shape index (κ1) is 17.7. The van der Waals surface area contributed by atoms with E-state index in [-0.39, 0.29) is 18.3 Å². The molecule has 2 aromatic carbocycles. The van der Waals surface area contributed by atoms with Gasteiger partial charge in [-0.1, -0.05) is 54.6 Å². The van der Waals surface area contributed by atoms with Gasteiger partial charge in [0.1, 0.15) is 17.3 Å². The predicted molar refractivity (Wildman–Crippen MR) is 105 cm³/mol. The molecule has 2 aromatic heterocycles. The van der Waals surface area contributed by atoms with Crippen molar-refractivity contribution in [2.75, 3.05) is 0 Å². The molecule has 0 saturated heterocycles. The quantitative estimate of drug-likeness (QED) is 0.330. The molecule has 6 heteroatoms. The highest BCUT2D eigenvalue weighted by Crippen LogP contribution is 2.37. The summed E-state index contributed by atoms with van der Waals surface area (Å²) in [7, 11) is 0. The highest BCUT2D eigenvalue weighted by Gasteiger charge is 2.27. The van der Waals surface area contributed by atoms with Gasteiger partial charge in [0, 0.05) is 17.6 Å². The van der Waals surface area contributed by atoms with Gasteiger partial charge in [-0.3, -0.25) is 15.1 Å². The topological polar surface area (TPSA) is 78.4 Å². The summed E-state index contributed by atoms with van der Waals surface area (Å²) in [5.41, 5.74) is 1.70. The van der Waals surface area contributed by atoms with Gasteiger partial charge in [-0.15, -0.1) is 0 Å². The fraction of sp³-hybridized carbons (Fsp3) is 0.136. The van der Waals surface area contributed by atoms with Crippen LogP contribution < -0.4 is 4.74 Å². The van der Waals surface area contributed by atoms with Crippen LogP contribution in [0.3, 0.4) is 0 Å². The highest BCUT2D eigenvalue weighted by atomic mass is 16.7. The first-order valence-electron chi connectivity index (χ1n) is 8.91. The van der Waals surface area contributed by atoms with Crippen LogP contribution in [0.15, 0.2) is 77.3 Å². The summed E-state index contributed by atoms with van der Waals surface area (Å²) in [5, 5.41) is 13.5. The Balaban J connectivity index is 1.62. The molecular weight excluding hydrogens is 356 g/mol. The first-order chi connectivity index (χ1) is 13.6. The summed E-state index contributed by atoms with van der Waals surface area (Å²) in [6.07, 6.45) is 1.80. The second kappa shape index (κ2) is 7.52. The van der Waals surface area contributed by atoms with Crippen LogP contribution in [0.5, 0.6) is 5.75 Å². The molecule has 28 heavy (non-hydrogen) atoms. The standard InChI is InChI=1S/C22H18N2O4/c1-15(19-11-17-9-5-6-10-18(17)13-23-19)20-12-21(22(28-20)24(25)26)27-14-16-7-3-2-4-8-16/h2-13,15H,14H2,1H3. The van der Waals surface area contributed by atoms with E-state index in [1.54, 1.807) is 12.3 Å². The molecule has 0 radical (unpaired) electrons. The monoisotopic (exact) mass is 374 g/mol. The van der Waals surface area contributed by atoms with Crippen LogP contribution in [0.1, 0.15) is 29.9 Å². The summed E-state index contributed by atoms with van der Waals surface area (Å²) >= 11 is 0. The zero-order chi connectivity index (χ0) is 19.5. The van der Waals surface area contributed by atoms with E-state index in [0.29, 0.717) is 5.76 Å². The second-order valence-corrected chi connectivity index (χ2v) is 6.53. The smallest absolute Gasteiger partial charge is 0.475 e. The molecule has 140 valence electrons. The Morgan fingerprint density at radius 3 is 2.54 bits per heavy atom. The van der Waals surface area contributed by atoms with Crippen molar-refractivity contribution in [3.8, 4) is 5.75 Å². The molecule has 0 spiro atoms. The maximum absolute atomic E-state index is 11.4. The van der Waals surface area contributed by atoms with Crippen molar-refractivity contribution < 1.29 is 14.1 Å². The van der Waals surface area contributed by atoms with Gasteiger partial charge < -0.3 is 9.15 Å². The van der Waals surface area contributed by atoms with Gasteiger partial charge in [0.05, 0.1) is 11.6 Å². The summed E-state index contributed by atoms with van der Waals surface area (Å²) in [4.78, 5) is 15.3. The van der Waals surface area contributed by atoms with Crippen LogP contribution in [0, 0.1) is 10.1 Å². The van der Waals surface area contributed by atoms with Crippen LogP contribution in [-0.4, -0.2) is 9.91 Å². The van der Waals surface area contributed by atoms with E-state index < -0.39 is 10.8 Å². The third-order valence-corrected chi connectivity index (χ3v) is 4.62. The SMILES string of the molecule is CC(c1cc2ccccc2cn1)c1cc(OCc2ccccc2)c([N+](=O)[O-])o1. The van der Waals surface area contributed by atoms with Crippen molar-refractivity contribution in [3.05, 3.63) is 100 Å². The molecule has 0 saturated carbocycles. The molecule has 0 amide bonds. The third-order valence-electron chi connectivity index (χ3n) is 4.62. The molecule has 0 N–H and O–H groups in total. The minimum absolute atomic E-state index is 0.122. The highest BCUT2D eigenvalue weighted by molar-refractivity contribution is 5.81. The Morgan fingerprint density at radius 1 is 1.07 bits per heavy atom. The van der Waals surface area contributed by atoms with Gasteiger partial charge in [0.15, 0.2) is 0 Å². The lowest BCUT2D eigenvalue weighted by atomic mass is 10.0. The van der Waals surface area contributed by atoms with Crippen molar-refractivity contribution in [2.24, 2.45) is 0 Å². The predicted octanol–water partition coefficient (Wildman–Crippen LogP) is 5.47. The van der Waals surface area contributed by atoms with Gasteiger partial charge in [-0.2, -0.15) is 0 Å². The van der Waals surface area contributed by atoms with Gasteiger partial charge in [-0.05, 0) is 23.9 Å². The molecule has 0 aliphatic carbocycles. The molecule has 0 fully saturated rings. The van der Waals surface area contributed by atoms with E-state index in [0.717, 1.165) is 22.0 Å². The molecule has 6 nitrogen and oxygen atoms in total. The number of furan rings is 1. The molecule has 4 aromatic rings. The zero-order valence-corrected chi connectivity index (χ0v) is 15.2. The number of pyridine rings is 1. The zero-order valence-electron chi connectivity index (χ0n) is 15.2. The Bertz CT molecular complexity index is 1120. The van der Waals surface area contributed by atoms with Crippen LogP contribution in [0.4, 0.5) is 5.88 Å². The van der Waals surface area contributed by atoms with E-state index in [1.165, 1.54) is 0 Å². The molecule has 2 heterocycles. The summed E-state index contributed by atoms with van der Waals surface area (Å²) in [5.74, 6) is -0.0787. The maximum Gasteiger partial charge on any atom is 0.475 e. The average molecular weight is 374 g/mol. The number of aromatic nitrogens is 1. The van der Waals surface area contributed by atoms with Crippen molar-refractivity contribution in [3.63, 3.8) is 0 Å². The number of rotatable bonds is 6. The molecule has 1 unspecified atom stereocenters. The third kappa shape index (κ3) is 3.57. The van der Waals surface area contributed by atoms with Gasteiger partial charge in [0.2, 0.25) is 5.75 Å². The number of benzene rings is 2. The minimum Gasteiger partial charge on any atom is -0.479 e. The summed E-state index contributed by atoms with van der Waals surface area (Å²) in [6, 6.07) is 21.0. The van der Waals surface area contributed by atoms with Gasteiger partial charge in [0.25, 0.3) is 0 Å². The van der Waals surface area contributed by atoms with E-state index in [9.17, 15) is 10.1 Å². The van der Waals surface area contributed by atoms with Crippen molar-refractivity contribution in [2.45, 2.75) is 19.4 Å². The van der Waals surface area contributed by atoms with Crippen molar-refractivity contribution in [1.82, 2.24) is 4.98 Å². The Morgan fingerprint density at radius 2 is 1.79 bits per heavy atom. The van der Waals surface area contributed by atoms with E-state index in [4.69, 9.17) is 9.15 Å². The van der Waals surface area contributed by atoms with E-state index in [1.807, 2.05) is 67.6 Å². The molecule has 1 atom stereocenters. The average Bonchev–Trinajstić information content (AvgIpc) is 3.17. The van der Waals surface area contributed by atoms with Gasteiger partial charge in [-0.25, -0.2) is 0 Å².